The number of rotatable bonds is 6. The lowest BCUT2D eigenvalue weighted by atomic mass is 10.0. The monoisotopic (exact) mass is 373 g/mol. The van der Waals surface area contributed by atoms with Crippen LogP contribution in [-0.2, 0) is 22.4 Å². The van der Waals surface area contributed by atoms with Crippen molar-refractivity contribution in [1.82, 2.24) is 5.32 Å². The van der Waals surface area contributed by atoms with Crippen LogP contribution >= 0.6 is 0 Å². The highest BCUT2D eigenvalue weighted by molar-refractivity contribution is 5.99. The van der Waals surface area contributed by atoms with Crippen molar-refractivity contribution in [3.8, 4) is 0 Å². The highest BCUT2D eigenvalue weighted by atomic mass is 19.2. The summed E-state index contributed by atoms with van der Waals surface area (Å²) in [6, 6.07) is 8.09. The Bertz CT molecular complexity index is 911. The summed E-state index contributed by atoms with van der Waals surface area (Å²) in [5.41, 5.74) is 2.74. The number of ether oxygens (including phenoxy) is 1. The average Bonchev–Trinajstić information content (AvgIpc) is 3.14. The predicted molar refractivity (Wildman–Crippen MR) is 92.4 cm³/mol. The molecule has 0 bridgehead atoms. The van der Waals surface area contributed by atoms with Crippen molar-refractivity contribution in [3.63, 3.8) is 0 Å². The standard InChI is InChI=1S/C20H17F2NO4/c21-16-7-6-15(9-17(16)22)20(26)23-10-19(25)27-11-18(24)14-5-4-12-2-1-3-13(12)8-14/h4-9H,1-3,10-11H2,(H,23,26). The number of benzene rings is 2. The maximum absolute atomic E-state index is 13.1. The largest absolute Gasteiger partial charge is 0.456 e. The molecular formula is C20H17F2NO4. The Balaban J connectivity index is 1.47. The molecule has 0 spiro atoms. The van der Waals surface area contributed by atoms with Gasteiger partial charge in [-0.2, -0.15) is 0 Å². The van der Waals surface area contributed by atoms with Crippen LogP contribution in [0, 0.1) is 11.6 Å². The van der Waals surface area contributed by atoms with Gasteiger partial charge in [0.25, 0.3) is 5.91 Å². The van der Waals surface area contributed by atoms with E-state index in [1.54, 1.807) is 6.07 Å². The number of esters is 1. The number of hydrogen-bond donors (Lipinski definition) is 1. The number of aryl methyl sites for hydroxylation is 2. The van der Waals surface area contributed by atoms with Gasteiger partial charge >= 0.3 is 5.97 Å². The molecule has 0 saturated carbocycles. The van der Waals surface area contributed by atoms with Gasteiger partial charge in [-0.1, -0.05) is 12.1 Å². The van der Waals surface area contributed by atoms with Crippen LogP contribution < -0.4 is 5.32 Å². The smallest absolute Gasteiger partial charge is 0.325 e. The van der Waals surface area contributed by atoms with E-state index in [1.807, 2.05) is 12.1 Å². The summed E-state index contributed by atoms with van der Waals surface area (Å²) in [6.07, 6.45) is 3.02. The number of nitrogens with one attached hydrogen (secondary N) is 1. The molecule has 3 rings (SSSR count). The highest BCUT2D eigenvalue weighted by Gasteiger charge is 2.16. The Morgan fingerprint density at radius 3 is 2.44 bits per heavy atom. The molecule has 0 aliphatic heterocycles. The molecule has 0 aromatic heterocycles. The minimum Gasteiger partial charge on any atom is -0.456 e. The summed E-state index contributed by atoms with van der Waals surface area (Å²) in [5.74, 6) is -4.12. The number of hydrogen-bond acceptors (Lipinski definition) is 4. The van der Waals surface area contributed by atoms with Gasteiger partial charge in [-0.25, -0.2) is 8.78 Å². The second-order valence-corrected chi connectivity index (χ2v) is 6.23. The summed E-state index contributed by atoms with van der Waals surface area (Å²) in [4.78, 5) is 35.6. The first kappa shape index (κ1) is 18.7. The Labute approximate surface area is 154 Å². The van der Waals surface area contributed by atoms with E-state index in [0.29, 0.717) is 5.56 Å². The van der Waals surface area contributed by atoms with Crippen LogP contribution in [0.15, 0.2) is 36.4 Å². The first-order valence-corrected chi connectivity index (χ1v) is 8.48. The first-order valence-electron chi connectivity index (χ1n) is 8.48. The van der Waals surface area contributed by atoms with Crippen LogP contribution in [0.3, 0.4) is 0 Å². The van der Waals surface area contributed by atoms with Crippen molar-refractivity contribution >= 4 is 17.7 Å². The van der Waals surface area contributed by atoms with E-state index in [0.717, 1.165) is 43.0 Å². The van der Waals surface area contributed by atoms with E-state index in [1.165, 1.54) is 5.56 Å². The molecule has 140 valence electrons. The van der Waals surface area contributed by atoms with Crippen LogP contribution in [0.1, 0.15) is 38.3 Å². The number of Topliss-reactive ketones (excluding diaryl/α,β-unsaturated/α-hetero) is 1. The van der Waals surface area contributed by atoms with Gasteiger partial charge in [0.05, 0.1) is 0 Å². The van der Waals surface area contributed by atoms with Gasteiger partial charge in [0.2, 0.25) is 0 Å². The fourth-order valence-electron chi connectivity index (χ4n) is 2.92. The van der Waals surface area contributed by atoms with Crippen LogP contribution in [-0.4, -0.2) is 30.8 Å². The second-order valence-electron chi connectivity index (χ2n) is 6.23. The lowest BCUT2D eigenvalue weighted by Crippen LogP contribution is -2.31. The van der Waals surface area contributed by atoms with Crippen molar-refractivity contribution < 1.29 is 27.9 Å². The van der Waals surface area contributed by atoms with Gasteiger partial charge in [-0.3, -0.25) is 14.4 Å². The third-order valence-corrected chi connectivity index (χ3v) is 4.36. The van der Waals surface area contributed by atoms with E-state index in [4.69, 9.17) is 4.74 Å². The van der Waals surface area contributed by atoms with E-state index < -0.39 is 36.7 Å². The number of halogens is 2. The maximum atomic E-state index is 13.1. The number of amides is 1. The summed E-state index contributed by atoms with van der Waals surface area (Å²) in [5, 5.41) is 2.23. The van der Waals surface area contributed by atoms with E-state index >= 15 is 0 Å². The van der Waals surface area contributed by atoms with Crippen molar-refractivity contribution in [3.05, 3.63) is 70.3 Å². The summed E-state index contributed by atoms with van der Waals surface area (Å²) in [6.45, 7) is -0.923. The molecule has 5 nitrogen and oxygen atoms in total. The molecule has 7 heteroatoms. The second kappa shape index (κ2) is 8.07. The summed E-state index contributed by atoms with van der Waals surface area (Å²) < 4.78 is 30.8. The molecule has 0 heterocycles. The van der Waals surface area contributed by atoms with Crippen LogP contribution in [0.2, 0.25) is 0 Å². The van der Waals surface area contributed by atoms with Crippen LogP contribution in [0.25, 0.3) is 0 Å². The predicted octanol–water partition coefficient (Wildman–Crippen LogP) is 2.61. The fraction of sp³-hybridized carbons (Fsp3) is 0.250. The van der Waals surface area contributed by atoms with E-state index in [2.05, 4.69) is 5.32 Å². The quantitative estimate of drug-likeness (QED) is 0.624. The first-order chi connectivity index (χ1) is 12.9. The summed E-state index contributed by atoms with van der Waals surface area (Å²) in [7, 11) is 0. The molecule has 1 aliphatic rings. The molecule has 1 aliphatic carbocycles. The molecule has 1 amide bonds. The van der Waals surface area contributed by atoms with Gasteiger partial charge in [-0.15, -0.1) is 0 Å². The molecule has 0 atom stereocenters. The normalized spacial score (nSPS) is 12.4. The Kier molecular flexibility index (Phi) is 5.59. The minimum absolute atomic E-state index is 0.129. The molecule has 0 radical (unpaired) electrons. The number of ketones is 1. The molecule has 0 fully saturated rings. The third-order valence-electron chi connectivity index (χ3n) is 4.36. The van der Waals surface area contributed by atoms with E-state index in [-0.39, 0.29) is 11.3 Å². The summed E-state index contributed by atoms with van der Waals surface area (Å²) >= 11 is 0. The van der Waals surface area contributed by atoms with Crippen molar-refractivity contribution in [1.29, 1.82) is 0 Å². The molecule has 2 aromatic rings. The van der Waals surface area contributed by atoms with Gasteiger partial charge in [0.15, 0.2) is 24.0 Å². The topological polar surface area (TPSA) is 72.5 Å². The highest BCUT2D eigenvalue weighted by Crippen LogP contribution is 2.23. The molecule has 1 N–H and O–H groups in total. The molecular weight excluding hydrogens is 356 g/mol. The average molecular weight is 373 g/mol. The Morgan fingerprint density at radius 1 is 0.926 bits per heavy atom. The van der Waals surface area contributed by atoms with Crippen molar-refractivity contribution in [2.24, 2.45) is 0 Å². The zero-order valence-corrected chi connectivity index (χ0v) is 14.4. The number of fused-ring (bicyclic) bond motifs is 1. The van der Waals surface area contributed by atoms with E-state index in [9.17, 15) is 23.2 Å². The molecule has 0 unspecified atom stereocenters. The van der Waals surface area contributed by atoms with Crippen LogP contribution in [0.4, 0.5) is 8.78 Å². The van der Waals surface area contributed by atoms with Crippen molar-refractivity contribution in [2.45, 2.75) is 19.3 Å². The number of carbonyl (C=O) groups excluding carboxylic acids is 3. The fourth-order valence-corrected chi connectivity index (χ4v) is 2.92. The SMILES string of the molecule is O=C(CNC(=O)c1ccc(F)c(F)c1)OCC(=O)c1ccc2c(c1)CCC2. The molecule has 2 aromatic carbocycles. The lowest BCUT2D eigenvalue weighted by molar-refractivity contribution is -0.141. The van der Waals surface area contributed by atoms with Gasteiger partial charge in [0, 0.05) is 11.1 Å². The van der Waals surface area contributed by atoms with Crippen LogP contribution in [0.5, 0.6) is 0 Å². The molecule has 0 saturated heterocycles. The zero-order valence-electron chi connectivity index (χ0n) is 14.4. The van der Waals surface area contributed by atoms with Gasteiger partial charge < -0.3 is 10.1 Å². The minimum atomic E-state index is -1.16. The number of carbonyl (C=O) groups is 3. The zero-order chi connectivity index (χ0) is 19.4. The lowest BCUT2D eigenvalue weighted by Gasteiger charge is -2.07. The molecule has 27 heavy (non-hydrogen) atoms. The van der Waals surface area contributed by atoms with Crippen molar-refractivity contribution in [2.75, 3.05) is 13.2 Å². The van der Waals surface area contributed by atoms with Gasteiger partial charge in [-0.05, 0) is 54.7 Å². The maximum Gasteiger partial charge on any atom is 0.325 e. The Morgan fingerprint density at radius 2 is 1.67 bits per heavy atom. The Hall–Kier alpha value is -3.09. The third kappa shape index (κ3) is 4.55. The van der Waals surface area contributed by atoms with Gasteiger partial charge in [0.1, 0.15) is 6.54 Å².